The molecule has 1 amide bonds. The summed E-state index contributed by atoms with van der Waals surface area (Å²) >= 11 is 1.40. The number of hydrogen-bond donors (Lipinski definition) is 1. The van der Waals surface area contributed by atoms with Crippen LogP contribution in [-0.2, 0) is 27.2 Å². The lowest BCUT2D eigenvalue weighted by Gasteiger charge is -2.08. The summed E-state index contributed by atoms with van der Waals surface area (Å²) in [5.41, 5.74) is 1.82. The van der Waals surface area contributed by atoms with Gasteiger partial charge in [-0.1, -0.05) is 12.1 Å². The first kappa shape index (κ1) is 18.4. The third kappa shape index (κ3) is 4.25. The molecule has 7 nitrogen and oxygen atoms in total. The van der Waals surface area contributed by atoms with Gasteiger partial charge in [0.05, 0.1) is 11.1 Å². The molecule has 1 aromatic heterocycles. The molecule has 27 heavy (non-hydrogen) atoms. The molecule has 0 aliphatic heterocycles. The SMILES string of the molecule is N#Cc1ccccc1OCC(=O)OCC(=O)Nc1sc2c(c1C#N)CCC2. The van der Waals surface area contributed by atoms with E-state index in [1.807, 2.05) is 6.07 Å². The van der Waals surface area contributed by atoms with Crippen LogP contribution in [0.25, 0.3) is 0 Å². The first-order valence-electron chi connectivity index (χ1n) is 8.24. The highest BCUT2D eigenvalue weighted by atomic mass is 32.1. The normalized spacial score (nSPS) is 11.8. The smallest absolute Gasteiger partial charge is 0.344 e. The maximum absolute atomic E-state index is 12.0. The Bertz CT molecular complexity index is 968. The van der Waals surface area contributed by atoms with Crippen LogP contribution in [0.5, 0.6) is 5.75 Å². The summed E-state index contributed by atoms with van der Waals surface area (Å²) in [4.78, 5) is 24.9. The number of thiophene rings is 1. The van der Waals surface area contributed by atoms with E-state index in [0.29, 0.717) is 16.1 Å². The van der Waals surface area contributed by atoms with Crippen LogP contribution in [0.15, 0.2) is 24.3 Å². The van der Waals surface area contributed by atoms with E-state index in [-0.39, 0.29) is 5.75 Å². The zero-order valence-electron chi connectivity index (χ0n) is 14.3. The molecule has 1 heterocycles. The molecule has 0 atom stereocenters. The van der Waals surface area contributed by atoms with Gasteiger partial charge in [-0.25, -0.2) is 4.79 Å². The number of esters is 1. The number of carbonyl (C=O) groups is 2. The number of ether oxygens (including phenoxy) is 2. The van der Waals surface area contributed by atoms with Gasteiger partial charge in [-0.2, -0.15) is 10.5 Å². The lowest BCUT2D eigenvalue weighted by molar-refractivity contribution is -0.149. The van der Waals surface area contributed by atoms with Gasteiger partial charge >= 0.3 is 5.97 Å². The van der Waals surface area contributed by atoms with Crippen LogP contribution in [0.1, 0.15) is 28.0 Å². The number of rotatable bonds is 6. The van der Waals surface area contributed by atoms with Crippen molar-refractivity contribution in [2.75, 3.05) is 18.5 Å². The number of amides is 1. The summed E-state index contributed by atoms with van der Waals surface area (Å²) in [5, 5.41) is 21.4. The molecule has 1 aromatic carbocycles. The molecule has 1 aliphatic rings. The average Bonchev–Trinajstić information content (AvgIpc) is 3.25. The number of nitrogens with zero attached hydrogens (tertiary/aromatic N) is 2. The predicted octanol–water partition coefficient (Wildman–Crippen LogP) is 2.54. The summed E-state index contributed by atoms with van der Waals surface area (Å²) < 4.78 is 10.1. The number of benzene rings is 1. The van der Waals surface area contributed by atoms with Gasteiger partial charge in [0.15, 0.2) is 13.2 Å². The van der Waals surface area contributed by atoms with Gasteiger partial charge in [-0.15, -0.1) is 11.3 Å². The number of aryl methyl sites for hydroxylation is 1. The number of para-hydroxylation sites is 1. The van der Waals surface area contributed by atoms with Crippen LogP contribution in [0.4, 0.5) is 5.00 Å². The molecule has 3 rings (SSSR count). The van der Waals surface area contributed by atoms with Gasteiger partial charge in [-0.3, -0.25) is 4.79 Å². The first-order chi connectivity index (χ1) is 13.1. The predicted molar refractivity (Wildman–Crippen MR) is 97.3 cm³/mol. The number of carbonyl (C=O) groups excluding carboxylic acids is 2. The summed E-state index contributed by atoms with van der Waals surface area (Å²) in [6.45, 7) is -0.891. The average molecular weight is 381 g/mol. The summed E-state index contributed by atoms with van der Waals surface area (Å²) in [5.74, 6) is -0.975. The van der Waals surface area contributed by atoms with Crippen molar-refractivity contribution in [3.05, 3.63) is 45.8 Å². The molecule has 0 radical (unpaired) electrons. The van der Waals surface area contributed by atoms with E-state index >= 15 is 0 Å². The largest absolute Gasteiger partial charge is 0.481 e. The van der Waals surface area contributed by atoms with Crippen LogP contribution in [0, 0.1) is 22.7 Å². The number of nitriles is 2. The van der Waals surface area contributed by atoms with Crippen molar-refractivity contribution >= 4 is 28.2 Å². The van der Waals surface area contributed by atoms with Gasteiger partial charge in [-0.05, 0) is 37.0 Å². The summed E-state index contributed by atoms with van der Waals surface area (Å²) in [6, 6.07) is 10.6. The van der Waals surface area contributed by atoms with E-state index in [1.54, 1.807) is 24.3 Å². The maximum Gasteiger partial charge on any atom is 0.344 e. The minimum Gasteiger partial charge on any atom is -0.481 e. The third-order valence-corrected chi connectivity index (χ3v) is 5.21. The summed E-state index contributed by atoms with van der Waals surface area (Å²) in [6.07, 6.45) is 2.79. The standard InChI is InChI=1S/C19H15N3O4S/c20-8-12-4-1-2-6-15(12)25-11-18(24)26-10-17(23)22-19-14(9-21)13-5-3-7-16(13)27-19/h1-2,4,6H,3,5,7,10-11H2,(H,22,23). The van der Waals surface area contributed by atoms with Crippen LogP contribution >= 0.6 is 11.3 Å². The Morgan fingerprint density at radius 2 is 1.96 bits per heavy atom. The lowest BCUT2D eigenvalue weighted by atomic mass is 10.1. The second-order valence-corrected chi connectivity index (χ2v) is 6.88. The number of nitrogens with one attached hydrogen (secondary N) is 1. The number of hydrogen-bond acceptors (Lipinski definition) is 7. The molecule has 0 bridgehead atoms. The van der Waals surface area contributed by atoms with Gasteiger partial charge in [0, 0.05) is 4.88 Å². The fourth-order valence-corrected chi connectivity index (χ4v) is 4.04. The van der Waals surface area contributed by atoms with E-state index in [0.717, 1.165) is 29.7 Å². The Hall–Kier alpha value is -3.36. The molecular weight excluding hydrogens is 366 g/mol. The van der Waals surface area contributed by atoms with Gasteiger partial charge in [0.1, 0.15) is 22.9 Å². The van der Waals surface area contributed by atoms with Crippen molar-refractivity contribution in [3.8, 4) is 17.9 Å². The minimum atomic E-state index is -0.730. The Morgan fingerprint density at radius 3 is 2.74 bits per heavy atom. The van der Waals surface area contributed by atoms with Gasteiger partial charge < -0.3 is 14.8 Å². The maximum atomic E-state index is 12.0. The van der Waals surface area contributed by atoms with Crippen molar-refractivity contribution in [2.45, 2.75) is 19.3 Å². The summed E-state index contributed by atoms with van der Waals surface area (Å²) in [7, 11) is 0. The highest BCUT2D eigenvalue weighted by Crippen LogP contribution is 2.38. The second-order valence-electron chi connectivity index (χ2n) is 5.78. The van der Waals surface area contributed by atoms with Gasteiger partial charge in [0.2, 0.25) is 0 Å². The van der Waals surface area contributed by atoms with E-state index in [4.69, 9.17) is 14.7 Å². The molecule has 0 spiro atoms. The van der Waals surface area contributed by atoms with Crippen molar-refractivity contribution in [3.63, 3.8) is 0 Å². The molecule has 0 fully saturated rings. The highest BCUT2D eigenvalue weighted by molar-refractivity contribution is 7.16. The molecule has 0 unspecified atom stereocenters. The Morgan fingerprint density at radius 1 is 1.15 bits per heavy atom. The second kappa shape index (κ2) is 8.35. The molecule has 0 saturated heterocycles. The van der Waals surface area contributed by atoms with Crippen molar-refractivity contribution in [1.29, 1.82) is 10.5 Å². The van der Waals surface area contributed by atoms with Crippen LogP contribution < -0.4 is 10.1 Å². The van der Waals surface area contributed by atoms with E-state index < -0.39 is 25.1 Å². The van der Waals surface area contributed by atoms with Gasteiger partial charge in [0.25, 0.3) is 5.91 Å². The molecule has 136 valence electrons. The minimum absolute atomic E-state index is 0.271. The molecule has 2 aromatic rings. The lowest BCUT2D eigenvalue weighted by Crippen LogP contribution is -2.23. The Labute approximate surface area is 159 Å². The number of fused-ring (bicyclic) bond motifs is 1. The molecule has 1 N–H and O–H groups in total. The molecular formula is C19H15N3O4S. The third-order valence-electron chi connectivity index (χ3n) is 4.00. The van der Waals surface area contributed by atoms with Crippen LogP contribution in [0.2, 0.25) is 0 Å². The van der Waals surface area contributed by atoms with Crippen molar-refractivity contribution < 1.29 is 19.1 Å². The topological polar surface area (TPSA) is 112 Å². The zero-order chi connectivity index (χ0) is 19.2. The quantitative estimate of drug-likeness (QED) is 0.770. The van der Waals surface area contributed by atoms with E-state index in [9.17, 15) is 14.9 Å². The van der Waals surface area contributed by atoms with Crippen LogP contribution in [-0.4, -0.2) is 25.1 Å². The van der Waals surface area contributed by atoms with Crippen molar-refractivity contribution in [1.82, 2.24) is 0 Å². The molecule has 8 heteroatoms. The Kier molecular flexibility index (Phi) is 5.70. The molecule has 0 saturated carbocycles. The van der Waals surface area contributed by atoms with Crippen LogP contribution in [0.3, 0.4) is 0 Å². The fourth-order valence-electron chi connectivity index (χ4n) is 2.78. The van der Waals surface area contributed by atoms with E-state index in [2.05, 4.69) is 11.4 Å². The zero-order valence-corrected chi connectivity index (χ0v) is 15.1. The van der Waals surface area contributed by atoms with Crippen molar-refractivity contribution in [2.24, 2.45) is 0 Å². The Balaban J connectivity index is 1.49. The first-order valence-corrected chi connectivity index (χ1v) is 9.06. The monoisotopic (exact) mass is 381 g/mol. The molecule has 1 aliphatic carbocycles. The highest BCUT2D eigenvalue weighted by Gasteiger charge is 2.23. The number of anilines is 1. The fraction of sp³-hybridized carbons (Fsp3) is 0.263. The van der Waals surface area contributed by atoms with E-state index in [1.165, 1.54) is 11.3 Å².